The number of rotatable bonds is 5. The Kier molecular flexibility index (Phi) is 5.42. The molecule has 3 rings (SSSR count). The molecule has 0 radical (unpaired) electrons. The fraction of sp³-hybridized carbons (Fsp3) is 0.222. The number of carbonyl (C=O) groups excluding carboxylic acids is 1. The SMILES string of the molecule is Cc1c(CC(=O)O)c2cc(O)c(F)cc2n1C(=O)c1csc(OC(F)(F)C(F)(F)F)c1. The third-order valence-electron chi connectivity index (χ3n) is 4.32. The molecular formula is C18H11F6NO5S. The van der Waals surface area contributed by atoms with Crippen LogP contribution >= 0.6 is 11.3 Å². The van der Waals surface area contributed by atoms with Crippen LogP contribution in [-0.4, -0.2) is 38.9 Å². The maximum atomic E-state index is 13.9. The van der Waals surface area contributed by atoms with Gasteiger partial charge in [-0.25, -0.2) is 4.39 Å². The highest BCUT2D eigenvalue weighted by molar-refractivity contribution is 7.12. The fourth-order valence-electron chi connectivity index (χ4n) is 2.92. The summed E-state index contributed by atoms with van der Waals surface area (Å²) in [5, 5.41) is 18.8. The van der Waals surface area contributed by atoms with Crippen LogP contribution in [0.4, 0.5) is 26.3 Å². The normalized spacial score (nSPS) is 12.4. The van der Waals surface area contributed by atoms with E-state index in [1.807, 2.05) is 0 Å². The second-order valence-corrected chi connectivity index (χ2v) is 7.24. The molecule has 2 N–H and O–H groups in total. The zero-order valence-corrected chi connectivity index (χ0v) is 16.1. The fourth-order valence-corrected chi connectivity index (χ4v) is 3.68. The smallest absolute Gasteiger partial charge is 0.499 e. The topological polar surface area (TPSA) is 88.8 Å². The first-order valence-corrected chi connectivity index (χ1v) is 9.12. The summed E-state index contributed by atoms with van der Waals surface area (Å²) in [7, 11) is 0. The first-order valence-electron chi connectivity index (χ1n) is 8.24. The molecule has 2 aromatic heterocycles. The number of fused-ring (bicyclic) bond motifs is 1. The van der Waals surface area contributed by atoms with E-state index in [4.69, 9.17) is 5.11 Å². The molecule has 6 nitrogen and oxygen atoms in total. The maximum Gasteiger partial charge on any atom is 0.499 e. The summed E-state index contributed by atoms with van der Waals surface area (Å²) in [5.41, 5.74) is -0.334. The zero-order chi connectivity index (χ0) is 23.3. The quantitative estimate of drug-likeness (QED) is 0.531. The van der Waals surface area contributed by atoms with Gasteiger partial charge in [-0.3, -0.25) is 14.2 Å². The van der Waals surface area contributed by atoms with E-state index in [9.17, 15) is 41.0 Å². The lowest BCUT2D eigenvalue weighted by Crippen LogP contribution is -2.41. The van der Waals surface area contributed by atoms with Crippen LogP contribution in [0.2, 0.25) is 0 Å². The van der Waals surface area contributed by atoms with Crippen molar-refractivity contribution in [3.05, 3.63) is 46.2 Å². The van der Waals surface area contributed by atoms with Gasteiger partial charge >= 0.3 is 18.3 Å². The maximum absolute atomic E-state index is 13.9. The molecule has 0 amide bonds. The lowest BCUT2D eigenvalue weighted by molar-refractivity contribution is -0.359. The van der Waals surface area contributed by atoms with Crippen LogP contribution < -0.4 is 4.74 Å². The molecule has 0 unspecified atom stereocenters. The Morgan fingerprint density at radius 2 is 1.81 bits per heavy atom. The molecule has 0 spiro atoms. The Morgan fingerprint density at radius 1 is 1.16 bits per heavy atom. The molecular weight excluding hydrogens is 456 g/mol. The number of carboxylic acid groups (broad SMARTS) is 1. The van der Waals surface area contributed by atoms with Gasteiger partial charge in [-0.1, -0.05) is 0 Å². The zero-order valence-electron chi connectivity index (χ0n) is 15.3. The summed E-state index contributed by atoms with van der Waals surface area (Å²) in [4.78, 5) is 24.1. The summed E-state index contributed by atoms with van der Waals surface area (Å²) in [6.45, 7) is 1.34. The summed E-state index contributed by atoms with van der Waals surface area (Å²) in [6, 6.07) is 2.37. The molecule has 0 aliphatic heterocycles. The minimum absolute atomic E-state index is 0.0571. The van der Waals surface area contributed by atoms with Crippen molar-refractivity contribution in [3.63, 3.8) is 0 Å². The molecule has 0 bridgehead atoms. The standard InChI is InChI=1S/C18H11F6NO5S/c1-7-9(4-14(27)28)10-3-13(26)11(19)5-12(10)25(7)16(29)8-2-15(31-6-8)30-18(23,24)17(20,21)22/h2-3,5-6,26H,4H2,1H3,(H,27,28). The minimum atomic E-state index is -5.97. The van der Waals surface area contributed by atoms with Crippen molar-refractivity contribution in [1.29, 1.82) is 0 Å². The molecule has 31 heavy (non-hydrogen) atoms. The van der Waals surface area contributed by atoms with Crippen LogP contribution in [0.15, 0.2) is 23.6 Å². The van der Waals surface area contributed by atoms with Gasteiger partial charge in [-0.2, -0.15) is 22.0 Å². The minimum Gasteiger partial charge on any atom is -0.505 e. The third kappa shape index (κ3) is 4.04. The van der Waals surface area contributed by atoms with Gasteiger partial charge in [0.2, 0.25) is 0 Å². The number of hydrogen-bond acceptors (Lipinski definition) is 5. The van der Waals surface area contributed by atoms with Crippen molar-refractivity contribution in [2.24, 2.45) is 0 Å². The molecule has 0 aliphatic carbocycles. The average Bonchev–Trinajstić information content (AvgIpc) is 3.18. The largest absolute Gasteiger partial charge is 0.505 e. The van der Waals surface area contributed by atoms with E-state index in [-0.39, 0.29) is 27.7 Å². The number of nitrogens with zero attached hydrogens (tertiary/aromatic N) is 1. The van der Waals surface area contributed by atoms with Crippen molar-refractivity contribution in [2.75, 3.05) is 0 Å². The second kappa shape index (κ2) is 7.48. The second-order valence-electron chi connectivity index (χ2n) is 6.37. The van der Waals surface area contributed by atoms with Gasteiger partial charge in [0.25, 0.3) is 5.91 Å². The number of carbonyl (C=O) groups is 2. The van der Waals surface area contributed by atoms with Crippen molar-refractivity contribution >= 4 is 34.1 Å². The lowest BCUT2D eigenvalue weighted by atomic mass is 10.1. The van der Waals surface area contributed by atoms with Crippen molar-refractivity contribution in [1.82, 2.24) is 4.57 Å². The molecule has 0 fully saturated rings. The van der Waals surface area contributed by atoms with Gasteiger partial charge in [-0.15, -0.1) is 11.3 Å². The first-order chi connectivity index (χ1) is 14.2. The number of thiophene rings is 1. The van der Waals surface area contributed by atoms with Crippen molar-refractivity contribution in [3.8, 4) is 10.8 Å². The predicted octanol–water partition coefficient (Wildman–Crippen LogP) is 4.71. The van der Waals surface area contributed by atoms with Gasteiger partial charge in [0.15, 0.2) is 16.6 Å². The van der Waals surface area contributed by atoms with E-state index < -0.39 is 47.2 Å². The van der Waals surface area contributed by atoms with Crippen molar-refractivity contribution < 1.29 is 50.9 Å². The number of aliphatic carboxylic acids is 1. The monoisotopic (exact) mass is 467 g/mol. The average molecular weight is 467 g/mol. The lowest BCUT2D eigenvalue weighted by Gasteiger charge is -2.18. The van der Waals surface area contributed by atoms with E-state index in [0.717, 1.165) is 22.1 Å². The number of phenolic OH excluding ortho intramolecular Hbond substituents is 1. The highest BCUT2D eigenvalue weighted by Gasteiger charge is 2.61. The van der Waals surface area contributed by atoms with Gasteiger partial charge in [0.05, 0.1) is 17.5 Å². The Bertz CT molecular complexity index is 1200. The number of carboxylic acids is 1. The van der Waals surface area contributed by atoms with Gasteiger partial charge in [-0.05, 0) is 18.6 Å². The number of ether oxygens (including phenoxy) is 1. The molecule has 13 heteroatoms. The van der Waals surface area contributed by atoms with E-state index in [2.05, 4.69) is 4.74 Å². The van der Waals surface area contributed by atoms with E-state index in [0.29, 0.717) is 17.4 Å². The molecule has 0 saturated carbocycles. The number of benzene rings is 1. The summed E-state index contributed by atoms with van der Waals surface area (Å²) in [6.07, 6.45) is -12.0. The van der Waals surface area contributed by atoms with Crippen LogP contribution in [0.3, 0.4) is 0 Å². The molecule has 166 valence electrons. The predicted molar refractivity (Wildman–Crippen MR) is 95.3 cm³/mol. The Balaban J connectivity index is 2.08. The number of aromatic hydroxyl groups is 1. The van der Waals surface area contributed by atoms with Gasteiger partial charge in [0, 0.05) is 28.6 Å². The molecule has 3 aromatic rings. The Morgan fingerprint density at radius 3 is 2.39 bits per heavy atom. The highest BCUT2D eigenvalue weighted by Crippen LogP contribution is 2.39. The molecule has 0 aliphatic rings. The van der Waals surface area contributed by atoms with Crippen LogP contribution in [-0.2, 0) is 11.2 Å². The number of phenols is 1. The van der Waals surface area contributed by atoms with Crippen LogP contribution in [0.1, 0.15) is 21.6 Å². The van der Waals surface area contributed by atoms with Gasteiger partial charge in [0.1, 0.15) is 0 Å². The summed E-state index contributed by atoms with van der Waals surface area (Å²) in [5.74, 6) is -4.13. The van der Waals surface area contributed by atoms with E-state index in [1.165, 1.54) is 6.92 Å². The van der Waals surface area contributed by atoms with E-state index >= 15 is 0 Å². The van der Waals surface area contributed by atoms with Crippen LogP contribution in [0, 0.1) is 12.7 Å². The molecule has 0 atom stereocenters. The number of alkyl halides is 5. The summed E-state index contributed by atoms with van der Waals surface area (Å²) < 4.78 is 81.5. The van der Waals surface area contributed by atoms with E-state index in [1.54, 1.807) is 0 Å². The summed E-state index contributed by atoms with van der Waals surface area (Å²) >= 11 is 0.305. The highest BCUT2D eigenvalue weighted by atomic mass is 32.1. The van der Waals surface area contributed by atoms with Crippen LogP contribution in [0.25, 0.3) is 10.9 Å². The number of hydrogen-bond donors (Lipinski definition) is 2. The first kappa shape index (κ1) is 22.5. The van der Waals surface area contributed by atoms with Crippen LogP contribution in [0.5, 0.6) is 10.8 Å². The Labute approximate surface area is 172 Å². The van der Waals surface area contributed by atoms with Gasteiger partial charge < -0.3 is 14.9 Å². The number of aromatic nitrogens is 1. The molecule has 0 saturated heterocycles. The number of halogens is 6. The van der Waals surface area contributed by atoms with Crippen molar-refractivity contribution in [2.45, 2.75) is 25.6 Å². The molecule has 2 heterocycles. The Hall–Kier alpha value is -3.22. The molecule has 1 aromatic carbocycles. The third-order valence-corrected chi connectivity index (χ3v) is 5.12.